The van der Waals surface area contributed by atoms with Crippen molar-refractivity contribution in [1.29, 1.82) is 0 Å². The third-order valence-electron chi connectivity index (χ3n) is 11.8. The van der Waals surface area contributed by atoms with Crippen LogP contribution in [-0.2, 0) is 45.7 Å². The van der Waals surface area contributed by atoms with E-state index in [0.29, 0.717) is 37.7 Å². The number of phenolic OH excluding ortho intramolecular Hbond substituents is 2. The Morgan fingerprint density at radius 2 is 0.893 bits per heavy atom. The molecule has 286 valence electrons. The first-order chi connectivity index (χ1) is 26.9. The number of phenols is 2. The number of hydrogen-bond donors (Lipinski definition) is 2. The Bertz CT molecular complexity index is 2140. The zero-order valence-corrected chi connectivity index (χ0v) is 36.0. The molecule has 2 aliphatic carbocycles. The molecule has 8 rings (SSSR count). The number of aryl methyl sites for hydroxylation is 2. The molecule has 6 aromatic carbocycles. The third kappa shape index (κ3) is 7.15. The molecule has 4 nitrogen and oxygen atoms in total. The first-order valence-electron chi connectivity index (χ1n) is 19.3. The molecule has 2 N–H and O–H groups in total. The summed E-state index contributed by atoms with van der Waals surface area (Å²) in [5.74, 6) is 0.639. The van der Waals surface area contributed by atoms with Crippen LogP contribution in [0.3, 0.4) is 0 Å². The van der Waals surface area contributed by atoms with Crippen LogP contribution in [-0.4, -0.2) is 34.4 Å². The molecule has 0 bridgehead atoms. The van der Waals surface area contributed by atoms with Crippen molar-refractivity contribution in [2.45, 2.75) is 71.6 Å². The van der Waals surface area contributed by atoms with Gasteiger partial charge in [0.1, 0.15) is 11.5 Å². The van der Waals surface area contributed by atoms with Gasteiger partial charge in [0.05, 0.1) is 12.7 Å². The van der Waals surface area contributed by atoms with Crippen LogP contribution in [0.15, 0.2) is 121 Å². The second-order valence-electron chi connectivity index (χ2n) is 15.8. The molecular weight excluding hydrogens is 769 g/mol. The van der Waals surface area contributed by atoms with E-state index in [9.17, 15) is 10.2 Å². The molecule has 0 aliphatic heterocycles. The van der Waals surface area contributed by atoms with Crippen molar-refractivity contribution in [3.8, 4) is 33.8 Å². The monoisotopic (exact) mass is 817 g/mol. The van der Waals surface area contributed by atoms with Crippen LogP contribution in [0.2, 0.25) is 0 Å². The molecule has 2 aliphatic rings. The summed E-state index contributed by atoms with van der Waals surface area (Å²) in [6, 6.07) is 42.9. The Morgan fingerprint density at radius 3 is 1.21 bits per heavy atom. The van der Waals surface area contributed by atoms with Gasteiger partial charge in [0.25, 0.3) is 0 Å². The normalized spacial score (nSPS) is 14.1. The van der Waals surface area contributed by atoms with Crippen LogP contribution in [0.25, 0.3) is 22.3 Å². The minimum absolute atomic E-state index is 0.0969. The van der Waals surface area contributed by atoms with Gasteiger partial charge in [-0.15, -0.1) is 0 Å². The van der Waals surface area contributed by atoms with Crippen molar-refractivity contribution in [3.63, 3.8) is 0 Å². The molecule has 0 aromatic heterocycles. The Morgan fingerprint density at radius 1 is 0.571 bits per heavy atom. The van der Waals surface area contributed by atoms with Crippen molar-refractivity contribution in [2.24, 2.45) is 0 Å². The van der Waals surface area contributed by atoms with E-state index in [2.05, 4.69) is 168 Å². The van der Waals surface area contributed by atoms with Gasteiger partial charge < -0.3 is 14.9 Å². The van der Waals surface area contributed by atoms with E-state index in [1.165, 1.54) is 44.5 Å². The van der Waals surface area contributed by atoms with E-state index in [1.807, 2.05) is 0 Å². The van der Waals surface area contributed by atoms with Crippen molar-refractivity contribution in [3.05, 3.63) is 177 Å². The maximum absolute atomic E-state index is 12.3. The summed E-state index contributed by atoms with van der Waals surface area (Å²) in [6.07, 6.45) is 0.0969. The summed E-state index contributed by atoms with van der Waals surface area (Å²) in [5, 5.41) is 24.6. The minimum atomic E-state index is -0.556. The number of benzene rings is 6. The SMILES string of the molecule is Cc1cc(CN(CCOC(C)C)Cc2cc(C)cc(C3(C)c4ccccc4-c4ccccc43)c2O)c(O)c(C2(C)c3ccccc3-c3ccccc32)c1.[Cl][Ti][Cl]. The zero-order chi connectivity index (χ0) is 39.8. The summed E-state index contributed by atoms with van der Waals surface area (Å²) in [7, 11) is 9.78. The molecule has 56 heavy (non-hydrogen) atoms. The third-order valence-corrected chi connectivity index (χ3v) is 11.8. The summed E-state index contributed by atoms with van der Waals surface area (Å²) in [6.45, 7) is 15.0. The van der Waals surface area contributed by atoms with Gasteiger partial charge in [-0.05, 0) is 86.1 Å². The molecular formula is C49H49Cl2NO3Ti. The Labute approximate surface area is 348 Å². The summed E-state index contributed by atoms with van der Waals surface area (Å²) >= 11 is -0.556. The van der Waals surface area contributed by atoms with E-state index < -0.39 is 27.9 Å². The average Bonchev–Trinajstić information content (AvgIpc) is 3.61. The summed E-state index contributed by atoms with van der Waals surface area (Å²) < 4.78 is 6.09. The Balaban J connectivity index is 0.00000155. The molecule has 0 unspecified atom stereocenters. The van der Waals surface area contributed by atoms with Crippen LogP contribution < -0.4 is 0 Å². The van der Waals surface area contributed by atoms with Gasteiger partial charge in [0.15, 0.2) is 0 Å². The number of nitrogens with zero attached hydrogens (tertiary/aromatic N) is 1. The topological polar surface area (TPSA) is 52.9 Å². The van der Waals surface area contributed by atoms with E-state index in [-0.39, 0.29) is 6.10 Å². The fourth-order valence-corrected chi connectivity index (χ4v) is 9.31. The number of fused-ring (bicyclic) bond motifs is 6. The number of ether oxygens (including phenoxy) is 1. The van der Waals surface area contributed by atoms with Gasteiger partial charge in [-0.2, -0.15) is 0 Å². The molecule has 0 saturated heterocycles. The number of rotatable bonds is 10. The molecule has 0 radical (unpaired) electrons. The number of hydrogen-bond acceptors (Lipinski definition) is 4. The first kappa shape index (κ1) is 40.3. The van der Waals surface area contributed by atoms with Crippen LogP contribution in [0.1, 0.15) is 83.3 Å². The molecule has 0 amide bonds. The number of aromatic hydroxyl groups is 2. The van der Waals surface area contributed by atoms with E-state index in [4.69, 9.17) is 23.3 Å². The number of halogens is 2. The quantitative estimate of drug-likeness (QED) is 0.135. The van der Waals surface area contributed by atoms with E-state index in [0.717, 1.165) is 33.4 Å². The van der Waals surface area contributed by atoms with Crippen molar-refractivity contribution < 1.29 is 32.0 Å². The summed E-state index contributed by atoms with van der Waals surface area (Å²) in [4.78, 5) is 2.30. The van der Waals surface area contributed by atoms with E-state index >= 15 is 0 Å². The zero-order valence-electron chi connectivity index (χ0n) is 33.0. The van der Waals surface area contributed by atoms with Crippen molar-refractivity contribution in [1.82, 2.24) is 4.90 Å². The van der Waals surface area contributed by atoms with Gasteiger partial charge in [0.2, 0.25) is 0 Å². The molecule has 7 heteroatoms. The van der Waals surface area contributed by atoms with Crippen LogP contribution in [0, 0.1) is 13.8 Å². The van der Waals surface area contributed by atoms with Gasteiger partial charge >= 0.3 is 35.6 Å². The fraction of sp³-hybridized carbons (Fsp3) is 0.265. The van der Waals surface area contributed by atoms with E-state index in [1.54, 1.807) is 0 Å². The Kier molecular flexibility index (Phi) is 11.9. The molecule has 0 saturated carbocycles. The maximum atomic E-state index is 12.3. The van der Waals surface area contributed by atoms with Crippen molar-refractivity contribution >= 4 is 18.6 Å². The fourth-order valence-electron chi connectivity index (χ4n) is 9.31. The molecule has 0 atom stereocenters. The Hall–Kier alpha value is -3.87. The second-order valence-corrected chi connectivity index (χ2v) is 18.4. The second kappa shape index (κ2) is 16.5. The van der Waals surface area contributed by atoms with Crippen LogP contribution in [0.4, 0.5) is 0 Å². The first-order valence-corrected chi connectivity index (χ1v) is 23.6. The molecule has 0 fully saturated rings. The molecule has 0 spiro atoms. The molecule has 6 aromatic rings. The van der Waals surface area contributed by atoms with Crippen LogP contribution >= 0.6 is 18.6 Å². The van der Waals surface area contributed by atoms with Gasteiger partial charge in [0, 0.05) is 52.7 Å². The molecule has 0 heterocycles. The average molecular weight is 819 g/mol. The van der Waals surface area contributed by atoms with Gasteiger partial charge in [-0.3, -0.25) is 4.90 Å². The van der Waals surface area contributed by atoms with Crippen molar-refractivity contribution in [2.75, 3.05) is 13.2 Å². The van der Waals surface area contributed by atoms with Gasteiger partial charge in [-0.25, -0.2) is 0 Å². The predicted octanol–water partition coefficient (Wildman–Crippen LogP) is 12.2. The summed E-state index contributed by atoms with van der Waals surface area (Å²) in [5.41, 5.74) is 14.4. The standard InChI is InChI=1S/C49H49NO3.2ClH.Ti/c1-31(2)53-24-23-50(29-34-25-32(3)27-44(46(34)51)48(5)40-19-11-7-15-36(40)37-16-8-12-20-41(37)48)30-35-26-33(4)28-45(47(35)52)49(6)42-21-13-9-17-38(42)39-18-10-14-22-43(39)49;;;/h7-22,25-28,31,51-52H,23-24,29-30H2,1-6H3;2*1H;/q;;;+2/p-2. The van der Waals surface area contributed by atoms with Gasteiger partial charge in [-0.1, -0.05) is 132 Å². The predicted molar refractivity (Wildman–Crippen MR) is 227 cm³/mol. The van der Waals surface area contributed by atoms with Crippen LogP contribution in [0.5, 0.6) is 11.5 Å².